The van der Waals surface area contributed by atoms with E-state index in [9.17, 15) is 9.59 Å². The fourth-order valence-electron chi connectivity index (χ4n) is 2.35. The van der Waals surface area contributed by atoms with Gasteiger partial charge in [0.15, 0.2) is 0 Å². The molecule has 1 amide bonds. The highest BCUT2D eigenvalue weighted by atomic mass is 32.1. The number of carbonyl (C=O) groups is 1. The van der Waals surface area contributed by atoms with Crippen LogP contribution in [0.25, 0.3) is 10.2 Å². The van der Waals surface area contributed by atoms with Gasteiger partial charge in [-0.1, -0.05) is 23.5 Å². The van der Waals surface area contributed by atoms with Gasteiger partial charge in [0, 0.05) is 6.07 Å². The Hall–Kier alpha value is -2.74. The molecule has 1 saturated heterocycles. The van der Waals surface area contributed by atoms with E-state index in [0.29, 0.717) is 18.3 Å². The molecule has 8 heteroatoms. The van der Waals surface area contributed by atoms with Gasteiger partial charge in [-0.15, -0.1) is 0 Å². The second-order valence-electron chi connectivity index (χ2n) is 5.20. The van der Waals surface area contributed by atoms with E-state index in [0.717, 1.165) is 10.2 Å². The number of ether oxygens (including phenoxy) is 1. The number of hydrogen-bond acceptors (Lipinski definition) is 6. The maximum atomic E-state index is 12.1. The van der Waals surface area contributed by atoms with Gasteiger partial charge in [-0.05, 0) is 18.2 Å². The van der Waals surface area contributed by atoms with E-state index in [1.807, 2.05) is 24.3 Å². The van der Waals surface area contributed by atoms with E-state index < -0.39 is 0 Å². The number of H-pyrrole nitrogens is 1. The van der Waals surface area contributed by atoms with Crippen LogP contribution in [0.3, 0.4) is 0 Å². The number of rotatable bonds is 3. The number of nitrogens with zero attached hydrogens (tertiary/aromatic N) is 3. The molecule has 0 unspecified atom stereocenters. The van der Waals surface area contributed by atoms with Crippen molar-refractivity contribution in [2.45, 2.75) is 6.10 Å². The van der Waals surface area contributed by atoms with Crippen molar-refractivity contribution in [2.75, 3.05) is 13.1 Å². The van der Waals surface area contributed by atoms with E-state index in [4.69, 9.17) is 4.74 Å². The van der Waals surface area contributed by atoms with Crippen molar-refractivity contribution in [2.24, 2.45) is 0 Å². The second kappa shape index (κ2) is 5.47. The standard InChI is InChI=1S/C15H12N4O3S/c20-13-6-5-11(17-18-13)14(21)19-7-9(8-19)22-15-16-10-3-1-2-4-12(10)23-15/h1-6,9H,7-8H2,(H,18,20). The third-order valence-corrected chi connectivity index (χ3v) is 4.50. The van der Waals surface area contributed by atoms with Crippen LogP contribution in [-0.2, 0) is 0 Å². The first-order chi connectivity index (χ1) is 11.2. The summed E-state index contributed by atoms with van der Waals surface area (Å²) in [5, 5.41) is 6.61. The molecule has 0 saturated carbocycles. The summed E-state index contributed by atoms with van der Waals surface area (Å²) in [4.78, 5) is 29.1. The van der Waals surface area contributed by atoms with Crippen molar-refractivity contribution >= 4 is 27.5 Å². The van der Waals surface area contributed by atoms with E-state index >= 15 is 0 Å². The molecule has 3 heterocycles. The molecule has 3 aromatic rings. The van der Waals surface area contributed by atoms with Crippen LogP contribution in [0.1, 0.15) is 10.5 Å². The number of aromatic nitrogens is 3. The third kappa shape index (κ3) is 2.68. The van der Waals surface area contributed by atoms with Crippen LogP contribution in [0, 0.1) is 0 Å². The van der Waals surface area contributed by atoms with Gasteiger partial charge in [0.05, 0.1) is 23.3 Å². The van der Waals surface area contributed by atoms with E-state index in [2.05, 4.69) is 15.2 Å². The normalized spacial score (nSPS) is 14.7. The Kier molecular flexibility index (Phi) is 3.30. The highest BCUT2D eigenvalue weighted by Gasteiger charge is 2.34. The maximum absolute atomic E-state index is 12.1. The number of carbonyl (C=O) groups excluding carboxylic acids is 1. The lowest BCUT2D eigenvalue weighted by atomic mass is 10.1. The summed E-state index contributed by atoms with van der Waals surface area (Å²) in [7, 11) is 0. The first-order valence-electron chi connectivity index (χ1n) is 7.06. The molecule has 116 valence electrons. The van der Waals surface area contributed by atoms with Crippen LogP contribution < -0.4 is 10.3 Å². The zero-order chi connectivity index (χ0) is 15.8. The van der Waals surface area contributed by atoms with Gasteiger partial charge >= 0.3 is 0 Å². The summed E-state index contributed by atoms with van der Waals surface area (Å²) in [6, 6.07) is 10.5. The molecule has 2 aromatic heterocycles. The quantitative estimate of drug-likeness (QED) is 0.782. The highest BCUT2D eigenvalue weighted by molar-refractivity contribution is 7.20. The van der Waals surface area contributed by atoms with Crippen molar-refractivity contribution in [3.8, 4) is 5.19 Å². The van der Waals surface area contributed by atoms with Crippen LogP contribution >= 0.6 is 11.3 Å². The zero-order valence-electron chi connectivity index (χ0n) is 11.9. The topological polar surface area (TPSA) is 88.2 Å². The molecular formula is C15H12N4O3S. The molecular weight excluding hydrogens is 316 g/mol. The minimum absolute atomic E-state index is 0.0673. The number of benzene rings is 1. The molecule has 1 aliphatic rings. The maximum Gasteiger partial charge on any atom is 0.274 e. The molecule has 0 spiro atoms. The van der Waals surface area contributed by atoms with E-state index in [1.54, 1.807) is 4.90 Å². The van der Waals surface area contributed by atoms with E-state index in [-0.39, 0.29) is 23.3 Å². The predicted molar refractivity (Wildman–Crippen MR) is 84.8 cm³/mol. The number of hydrogen-bond donors (Lipinski definition) is 1. The predicted octanol–water partition coefficient (Wildman–Crippen LogP) is 1.28. The fraction of sp³-hybridized carbons (Fsp3) is 0.200. The Bertz CT molecular complexity index is 876. The Morgan fingerprint density at radius 1 is 1.26 bits per heavy atom. The lowest BCUT2D eigenvalue weighted by Gasteiger charge is -2.37. The summed E-state index contributed by atoms with van der Waals surface area (Å²) in [6.45, 7) is 0.963. The third-order valence-electron chi connectivity index (χ3n) is 3.58. The lowest BCUT2D eigenvalue weighted by Crippen LogP contribution is -2.56. The molecule has 0 aliphatic carbocycles. The van der Waals surface area contributed by atoms with Crippen molar-refractivity contribution in [3.05, 3.63) is 52.4 Å². The number of thiazole rings is 1. The number of aromatic amines is 1. The van der Waals surface area contributed by atoms with Gasteiger partial charge in [-0.3, -0.25) is 9.59 Å². The van der Waals surface area contributed by atoms with Crippen LogP contribution in [0.4, 0.5) is 0 Å². The van der Waals surface area contributed by atoms with Gasteiger partial charge in [0.1, 0.15) is 11.8 Å². The van der Waals surface area contributed by atoms with Crippen LogP contribution in [0.15, 0.2) is 41.2 Å². The van der Waals surface area contributed by atoms with Gasteiger partial charge in [-0.25, -0.2) is 10.1 Å². The first kappa shape index (κ1) is 13.9. The van der Waals surface area contributed by atoms with Crippen LogP contribution in [0.5, 0.6) is 5.19 Å². The Morgan fingerprint density at radius 2 is 2.09 bits per heavy atom. The van der Waals surface area contributed by atoms with Crippen molar-refractivity contribution in [1.29, 1.82) is 0 Å². The summed E-state index contributed by atoms with van der Waals surface area (Å²) < 4.78 is 6.88. The molecule has 0 atom stereocenters. The zero-order valence-corrected chi connectivity index (χ0v) is 12.7. The largest absolute Gasteiger partial charge is 0.463 e. The summed E-state index contributed by atoms with van der Waals surface area (Å²) in [5.74, 6) is -0.217. The molecule has 23 heavy (non-hydrogen) atoms. The minimum Gasteiger partial charge on any atom is -0.463 e. The van der Waals surface area contributed by atoms with Gasteiger partial charge in [-0.2, -0.15) is 5.10 Å². The average molecular weight is 328 g/mol. The van der Waals surface area contributed by atoms with Crippen molar-refractivity contribution in [3.63, 3.8) is 0 Å². The molecule has 1 N–H and O–H groups in total. The minimum atomic E-state index is -0.331. The van der Waals surface area contributed by atoms with Gasteiger partial charge in [0.25, 0.3) is 16.7 Å². The average Bonchev–Trinajstić information content (AvgIpc) is 2.93. The Morgan fingerprint density at radius 3 is 2.83 bits per heavy atom. The molecule has 1 fully saturated rings. The van der Waals surface area contributed by atoms with Gasteiger partial charge in [0.2, 0.25) is 0 Å². The molecule has 1 aromatic carbocycles. The molecule has 0 bridgehead atoms. The summed E-state index contributed by atoms with van der Waals surface area (Å²) in [5.41, 5.74) is 0.808. The number of nitrogens with one attached hydrogen (secondary N) is 1. The molecule has 1 aliphatic heterocycles. The van der Waals surface area contributed by atoms with Crippen LogP contribution in [0.2, 0.25) is 0 Å². The van der Waals surface area contributed by atoms with Crippen molar-refractivity contribution in [1.82, 2.24) is 20.1 Å². The summed E-state index contributed by atoms with van der Waals surface area (Å²) in [6.07, 6.45) is -0.0673. The number of amides is 1. The molecule has 4 rings (SSSR count). The number of fused-ring (bicyclic) bond motifs is 1. The first-order valence-corrected chi connectivity index (χ1v) is 7.88. The molecule has 0 radical (unpaired) electrons. The fourth-order valence-corrected chi connectivity index (χ4v) is 3.23. The number of para-hydroxylation sites is 1. The smallest absolute Gasteiger partial charge is 0.274 e. The van der Waals surface area contributed by atoms with E-state index in [1.165, 1.54) is 23.5 Å². The van der Waals surface area contributed by atoms with Crippen LogP contribution in [-0.4, -0.2) is 45.2 Å². The number of likely N-dealkylation sites (tertiary alicyclic amines) is 1. The lowest BCUT2D eigenvalue weighted by molar-refractivity contribution is 0.0172. The monoisotopic (exact) mass is 328 g/mol. The van der Waals surface area contributed by atoms with Crippen molar-refractivity contribution < 1.29 is 9.53 Å². The molecule has 7 nitrogen and oxygen atoms in total. The Labute approximate surface area is 134 Å². The second-order valence-corrected chi connectivity index (χ2v) is 6.20. The highest BCUT2D eigenvalue weighted by Crippen LogP contribution is 2.29. The van der Waals surface area contributed by atoms with Gasteiger partial charge < -0.3 is 9.64 Å². The SMILES string of the molecule is O=C(c1ccc(=O)[nH]n1)N1CC(Oc2nc3ccccc3s2)C1. The summed E-state index contributed by atoms with van der Waals surface area (Å²) >= 11 is 1.49. The Balaban J connectivity index is 1.38.